The highest BCUT2D eigenvalue weighted by Crippen LogP contribution is 2.24. The van der Waals surface area contributed by atoms with E-state index in [0.717, 1.165) is 61.6 Å². The van der Waals surface area contributed by atoms with Crippen LogP contribution in [0.15, 0.2) is 54.7 Å². The van der Waals surface area contributed by atoms with Crippen LogP contribution in [0.4, 0.5) is 11.5 Å². The van der Waals surface area contributed by atoms with Crippen LogP contribution in [0.2, 0.25) is 0 Å². The summed E-state index contributed by atoms with van der Waals surface area (Å²) < 4.78 is 0. The molecular formula is C31H37N5O2. The molecule has 0 atom stereocenters. The summed E-state index contributed by atoms with van der Waals surface area (Å²) in [6, 6.07) is 16.0. The Morgan fingerprint density at radius 1 is 0.816 bits per heavy atom. The van der Waals surface area contributed by atoms with Crippen molar-refractivity contribution in [3.8, 4) is 0 Å². The molecule has 1 amide bonds. The van der Waals surface area contributed by atoms with Gasteiger partial charge in [0.15, 0.2) is 6.29 Å². The van der Waals surface area contributed by atoms with Gasteiger partial charge in [0.1, 0.15) is 5.82 Å². The SMILES string of the molecule is Cc1cc(C)c(C(=O)N2CCN(c3ccccc3C=O)CC2)cc1CN1CCN(c2ncccc2C)CC1. The molecule has 1 aromatic heterocycles. The maximum absolute atomic E-state index is 13.6. The predicted octanol–water partition coefficient (Wildman–Crippen LogP) is 4.10. The van der Waals surface area contributed by atoms with Crippen LogP contribution in [0.1, 0.15) is 43.0 Å². The van der Waals surface area contributed by atoms with E-state index in [1.807, 2.05) is 48.4 Å². The largest absolute Gasteiger partial charge is 0.367 e. The number of para-hydroxylation sites is 1. The lowest BCUT2D eigenvalue weighted by Crippen LogP contribution is -2.49. The van der Waals surface area contributed by atoms with Crippen LogP contribution in [0.25, 0.3) is 0 Å². The normalized spacial score (nSPS) is 16.6. The molecule has 0 spiro atoms. The first-order chi connectivity index (χ1) is 18.4. The fourth-order valence-electron chi connectivity index (χ4n) is 5.66. The van der Waals surface area contributed by atoms with E-state index >= 15 is 0 Å². The minimum Gasteiger partial charge on any atom is -0.367 e. The Labute approximate surface area is 225 Å². The number of hydrogen-bond donors (Lipinski definition) is 0. The molecule has 7 heteroatoms. The molecule has 0 radical (unpaired) electrons. The zero-order valence-electron chi connectivity index (χ0n) is 22.7. The van der Waals surface area contributed by atoms with Crippen molar-refractivity contribution in [3.63, 3.8) is 0 Å². The van der Waals surface area contributed by atoms with E-state index in [1.54, 1.807) is 0 Å². The number of rotatable bonds is 6. The molecule has 2 fully saturated rings. The van der Waals surface area contributed by atoms with Crippen molar-refractivity contribution < 1.29 is 9.59 Å². The lowest BCUT2D eigenvalue weighted by Gasteiger charge is -2.37. The number of carbonyl (C=O) groups is 2. The second kappa shape index (κ2) is 11.4. The van der Waals surface area contributed by atoms with Crippen molar-refractivity contribution in [1.82, 2.24) is 14.8 Å². The van der Waals surface area contributed by atoms with Gasteiger partial charge in [-0.2, -0.15) is 0 Å². The third kappa shape index (κ3) is 5.43. The second-order valence-corrected chi connectivity index (χ2v) is 10.5. The van der Waals surface area contributed by atoms with Gasteiger partial charge in [-0.1, -0.05) is 24.3 Å². The number of anilines is 2. The van der Waals surface area contributed by atoms with Gasteiger partial charge < -0.3 is 14.7 Å². The van der Waals surface area contributed by atoms with Crippen LogP contribution >= 0.6 is 0 Å². The first kappa shape index (κ1) is 25.9. The van der Waals surface area contributed by atoms with Crippen molar-refractivity contribution >= 4 is 23.7 Å². The average molecular weight is 512 g/mol. The number of benzene rings is 2. The first-order valence-electron chi connectivity index (χ1n) is 13.5. The number of aldehydes is 1. The zero-order chi connectivity index (χ0) is 26.6. The van der Waals surface area contributed by atoms with E-state index in [2.05, 4.69) is 51.7 Å². The van der Waals surface area contributed by atoms with Crippen LogP contribution in [-0.4, -0.2) is 79.3 Å². The maximum Gasteiger partial charge on any atom is 0.254 e. The maximum atomic E-state index is 13.6. The number of pyridine rings is 1. The minimum atomic E-state index is 0.0996. The molecule has 0 bridgehead atoms. The summed E-state index contributed by atoms with van der Waals surface area (Å²) in [5.74, 6) is 1.18. The van der Waals surface area contributed by atoms with Gasteiger partial charge in [-0.05, 0) is 67.3 Å². The first-order valence-corrected chi connectivity index (χ1v) is 13.5. The van der Waals surface area contributed by atoms with E-state index in [1.165, 1.54) is 16.7 Å². The number of aromatic nitrogens is 1. The lowest BCUT2D eigenvalue weighted by atomic mass is 9.98. The molecule has 198 valence electrons. The fraction of sp³-hybridized carbons (Fsp3) is 0.387. The summed E-state index contributed by atoms with van der Waals surface area (Å²) in [6.45, 7) is 13.7. The van der Waals surface area contributed by atoms with Gasteiger partial charge in [-0.25, -0.2) is 4.98 Å². The number of piperazine rings is 2. The van der Waals surface area contributed by atoms with E-state index in [-0.39, 0.29) is 5.91 Å². The number of carbonyl (C=O) groups excluding carboxylic acids is 2. The highest BCUT2D eigenvalue weighted by Gasteiger charge is 2.26. The topological polar surface area (TPSA) is 60.0 Å². The zero-order valence-corrected chi connectivity index (χ0v) is 22.7. The lowest BCUT2D eigenvalue weighted by molar-refractivity contribution is 0.0745. The van der Waals surface area contributed by atoms with E-state index in [9.17, 15) is 9.59 Å². The quantitative estimate of drug-likeness (QED) is 0.465. The summed E-state index contributed by atoms with van der Waals surface area (Å²) in [4.78, 5) is 38.7. The smallest absolute Gasteiger partial charge is 0.254 e. The van der Waals surface area contributed by atoms with Crippen LogP contribution in [0, 0.1) is 20.8 Å². The number of nitrogens with zero attached hydrogens (tertiary/aromatic N) is 5. The Balaban J connectivity index is 1.23. The molecular weight excluding hydrogens is 474 g/mol. The molecule has 3 aromatic rings. The molecule has 2 aliphatic rings. The number of hydrogen-bond acceptors (Lipinski definition) is 6. The van der Waals surface area contributed by atoms with Crippen molar-refractivity contribution in [2.24, 2.45) is 0 Å². The van der Waals surface area contributed by atoms with Gasteiger partial charge >= 0.3 is 0 Å². The third-order valence-corrected chi connectivity index (χ3v) is 7.93. The molecule has 38 heavy (non-hydrogen) atoms. The van der Waals surface area contributed by atoms with Crippen LogP contribution < -0.4 is 9.80 Å². The van der Waals surface area contributed by atoms with E-state index in [0.29, 0.717) is 31.7 Å². The van der Waals surface area contributed by atoms with Crippen molar-refractivity contribution in [2.45, 2.75) is 27.3 Å². The van der Waals surface area contributed by atoms with E-state index < -0.39 is 0 Å². The fourth-order valence-corrected chi connectivity index (χ4v) is 5.66. The molecule has 7 nitrogen and oxygen atoms in total. The molecule has 0 N–H and O–H groups in total. The van der Waals surface area contributed by atoms with Gasteiger partial charge in [0.05, 0.1) is 0 Å². The minimum absolute atomic E-state index is 0.0996. The van der Waals surface area contributed by atoms with Gasteiger partial charge in [0.2, 0.25) is 0 Å². The molecule has 5 rings (SSSR count). The summed E-state index contributed by atoms with van der Waals surface area (Å²) >= 11 is 0. The summed E-state index contributed by atoms with van der Waals surface area (Å²) in [5, 5.41) is 0. The predicted molar refractivity (Wildman–Crippen MR) is 152 cm³/mol. The molecule has 0 unspecified atom stereocenters. The standard InChI is InChI=1S/C31H37N5O2/c1-23-7-6-10-32-30(23)35-13-11-33(12-14-35)21-27-20-28(25(3)19-24(27)2)31(38)36-17-15-34(16-18-36)29-9-5-4-8-26(29)22-37/h4-10,19-20,22H,11-18,21H2,1-3H3. The molecule has 2 aliphatic heterocycles. The van der Waals surface area contributed by atoms with Crippen LogP contribution in [0.5, 0.6) is 0 Å². The Kier molecular flexibility index (Phi) is 7.74. The molecule has 0 aliphatic carbocycles. The summed E-state index contributed by atoms with van der Waals surface area (Å²) in [5.41, 5.74) is 7.14. The van der Waals surface area contributed by atoms with E-state index in [4.69, 9.17) is 0 Å². The molecule has 2 aromatic carbocycles. The summed E-state index contributed by atoms with van der Waals surface area (Å²) in [6.07, 6.45) is 2.77. The highest BCUT2D eigenvalue weighted by molar-refractivity contribution is 5.96. The molecule has 2 saturated heterocycles. The second-order valence-electron chi connectivity index (χ2n) is 10.5. The van der Waals surface area contributed by atoms with Gasteiger partial charge in [-0.3, -0.25) is 14.5 Å². The Bertz CT molecular complexity index is 1310. The van der Waals surface area contributed by atoms with Crippen molar-refractivity contribution in [2.75, 3.05) is 62.2 Å². The molecule has 0 saturated carbocycles. The Hall–Kier alpha value is -3.71. The van der Waals surface area contributed by atoms with Gasteiger partial charge in [-0.15, -0.1) is 0 Å². The van der Waals surface area contributed by atoms with Crippen LogP contribution in [0.3, 0.4) is 0 Å². The van der Waals surface area contributed by atoms with Gasteiger partial charge in [0.25, 0.3) is 5.91 Å². The Morgan fingerprint density at radius 3 is 2.24 bits per heavy atom. The average Bonchev–Trinajstić information content (AvgIpc) is 2.95. The third-order valence-electron chi connectivity index (χ3n) is 7.93. The summed E-state index contributed by atoms with van der Waals surface area (Å²) in [7, 11) is 0. The van der Waals surface area contributed by atoms with Crippen LogP contribution in [-0.2, 0) is 6.54 Å². The molecule has 3 heterocycles. The number of aryl methyl sites for hydroxylation is 3. The number of amides is 1. The van der Waals surface area contributed by atoms with Crippen molar-refractivity contribution in [3.05, 3.63) is 88.1 Å². The van der Waals surface area contributed by atoms with Crippen molar-refractivity contribution in [1.29, 1.82) is 0 Å². The highest BCUT2D eigenvalue weighted by atomic mass is 16.2. The van der Waals surface area contributed by atoms with Gasteiger partial charge in [0, 0.05) is 81.9 Å². The monoisotopic (exact) mass is 511 g/mol. The Morgan fingerprint density at radius 2 is 1.53 bits per heavy atom.